The van der Waals surface area contributed by atoms with Gasteiger partial charge in [0.1, 0.15) is 11.3 Å². The molecule has 0 amide bonds. The van der Waals surface area contributed by atoms with Crippen molar-refractivity contribution in [2.45, 2.75) is 39.8 Å². The molecule has 0 saturated heterocycles. The third-order valence-electron chi connectivity index (χ3n) is 3.07. The predicted octanol–water partition coefficient (Wildman–Crippen LogP) is 2.70. The van der Waals surface area contributed by atoms with E-state index in [0.29, 0.717) is 6.54 Å². The van der Waals surface area contributed by atoms with Crippen molar-refractivity contribution >= 4 is 0 Å². The van der Waals surface area contributed by atoms with Gasteiger partial charge < -0.3 is 4.74 Å². The van der Waals surface area contributed by atoms with E-state index in [4.69, 9.17) is 10.00 Å². The third kappa shape index (κ3) is 3.21. The van der Waals surface area contributed by atoms with Crippen LogP contribution in [0.15, 0.2) is 12.1 Å². The highest BCUT2D eigenvalue weighted by Crippen LogP contribution is 2.24. The molecule has 3 nitrogen and oxygen atoms in total. The number of hydrogen-bond acceptors (Lipinski definition) is 3. The van der Waals surface area contributed by atoms with E-state index in [1.165, 1.54) is 11.1 Å². The Labute approximate surface area is 103 Å². The Bertz CT molecular complexity index is 444. The molecule has 0 unspecified atom stereocenters. The van der Waals surface area contributed by atoms with E-state index in [9.17, 15) is 0 Å². The molecule has 0 saturated carbocycles. The predicted molar refractivity (Wildman–Crippen MR) is 69.0 cm³/mol. The van der Waals surface area contributed by atoms with Crippen LogP contribution < -0.4 is 10.1 Å². The third-order valence-corrected chi connectivity index (χ3v) is 3.07. The smallest absolute Gasteiger partial charge is 0.122 e. The van der Waals surface area contributed by atoms with Gasteiger partial charge in [-0.25, -0.2) is 0 Å². The minimum atomic E-state index is -0.500. The van der Waals surface area contributed by atoms with E-state index in [1.54, 1.807) is 7.11 Å². The van der Waals surface area contributed by atoms with Gasteiger partial charge >= 0.3 is 0 Å². The first-order valence-corrected chi connectivity index (χ1v) is 5.70. The minimum absolute atomic E-state index is 0.500. The van der Waals surface area contributed by atoms with Crippen LogP contribution >= 0.6 is 0 Å². The molecular weight excluding hydrogens is 212 g/mol. The molecule has 0 aliphatic carbocycles. The fourth-order valence-corrected chi connectivity index (χ4v) is 1.62. The number of hydrogen-bond donors (Lipinski definition) is 1. The lowest BCUT2D eigenvalue weighted by molar-refractivity contribution is 0.410. The van der Waals surface area contributed by atoms with Gasteiger partial charge in [0, 0.05) is 6.54 Å². The highest BCUT2D eigenvalue weighted by molar-refractivity contribution is 5.43. The molecule has 17 heavy (non-hydrogen) atoms. The van der Waals surface area contributed by atoms with Crippen LogP contribution in [-0.4, -0.2) is 12.6 Å². The fraction of sp³-hybridized carbons (Fsp3) is 0.500. The minimum Gasteiger partial charge on any atom is -0.496 e. The monoisotopic (exact) mass is 232 g/mol. The Balaban J connectivity index is 2.88. The van der Waals surface area contributed by atoms with Gasteiger partial charge in [-0.05, 0) is 50.5 Å². The molecule has 0 spiro atoms. The molecule has 3 heteroatoms. The molecule has 1 N–H and O–H groups in total. The van der Waals surface area contributed by atoms with Crippen molar-refractivity contribution in [1.82, 2.24) is 5.32 Å². The van der Waals surface area contributed by atoms with Crippen LogP contribution in [0.2, 0.25) is 0 Å². The number of nitrogens with one attached hydrogen (secondary N) is 1. The number of nitriles is 1. The second kappa shape index (κ2) is 5.20. The van der Waals surface area contributed by atoms with Gasteiger partial charge in [0.25, 0.3) is 0 Å². The van der Waals surface area contributed by atoms with Crippen LogP contribution in [0.4, 0.5) is 0 Å². The zero-order chi connectivity index (χ0) is 13.1. The van der Waals surface area contributed by atoms with E-state index in [0.717, 1.165) is 11.3 Å². The average Bonchev–Trinajstić information content (AvgIpc) is 2.31. The van der Waals surface area contributed by atoms with E-state index < -0.39 is 5.54 Å². The van der Waals surface area contributed by atoms with Crippen molar-refractivity contribution < 1.29 is 4.74 Å². The Morgan fingerprint density at radius 1 is 1.29 bits per heavy atom. The van der Waals surface area contributed by atoms with Gasteiger partial charge in [-0.1, -0.05) is 6.07 Å². The SMILES string of the molecule is COc1ccc(CNC(C)(C)C#N)c(C)c1C. The van der Waals surface area contributed by atoms with Gasteiger partial charge in [0.15, 0.2) is 0 Å². The number of benzene rings is 1. The van der Waals surface area contributed by atoms with E-state index in [2.05, 4.69) is 18.3 Å². The molecule has 0 radical (unpaired) electrons. The summed E-state index contributed by atoms with van der Waals surface area (Å²) in [5.41, 5.74) is 3.07. The van der Waals surface area contributed by atoms with Crippen molar-refractivity contribution in [3.05, 3.63) is 28.8 Å². The lowest BCUT2D eigenvalue weighted by atomic mass is 10.0. The average molecular weight is 232 g/mol. The number of rotatable bonds is 4. The van der Waals surface area contributed by atoms with Crippen molar-refractivity contribution in [1.29, 1.82) is 5.26 Å². The van der Waals surface area contributed by atoms with Crippen LogP contribution in [0.25, 0.3) is 0 Å². The Kier molecular flexibility index (Phi) is 4.14. The van der Waals surface area contributed by atoms with Crippen LogP contribution in [-0.2, 0) is 6.54 Å². The standard InChI is InChI=1S/C14H20N2O/c1-10-11(2)13(17-5)7-6-12(10)8-16-14(3,4)9-15/h6-7,16H,8H2,1-5H3. The second-order valence-corrected chi connectivity index (χ2v) is 4.77. The Morgan fingerprint density at radius 3 is 2.47 bits per heavy atom. The summed E-state index contributed by atoms with van der Waals surface area (Å²) >= 11 is 0. The summed E-state index contributed by atoms with van der Waals surface area (Å²) in [4.78, 5) is 0. The van der Waals surface area contributed by atoms with Crippen LogP contribution in [0.3, 0.4) is 0 Å². The van der Waals surface area contributed by atoms with Crippen molar-refractivity contribution in [3.8, 4) is 11.8 Å². The summed E-state index contributed by atoms with van der Waals surface area (Å²) in [6.45, 7) is 8.57. The van der Waals surface area contributed by atoms with E-state index >= 15 is 0 Å². The second-order valence-electron chi connectivity index (χ2n) is 4.77. The topological polar surface area (TPSA) is 45.0 Å². The summed E-state index contributed by atoms with van der Waals surface area (Å²) in [5.74, 6) is 0.908. The Morgan fingerprint density at radius 2 is 1.94 bits per heavy atom. The van der Waals surface area contributed by atoms with E-state index in [-0.39, 0.29) is 0 Å². The molecule has 0 aliphatic heterocycles. The lowest BCUT2D eigenvalue weighted by Crippen LogP contribution is -2.37. The number of ether oxygens (including phenoxy) is 1. The van der Waals surface area contributed by atoms with Crippen molar-refractivity contribution in [2.24, 2.45) is 0 Å². The number of nitrogens with zero attached hydrogens (tertiary/aromatic N) is 1. The summed E-state index contributed by atoms with van der Waals surface area (Å²) in [6.07, 6.45) is 0. The highest BCUT2D eigenvalue weighted by atomic mass is 16.5. The molecule has 92 valence electrons. The van der Waals surface area contributed by atoms with Gasteiger partial charge in [0.2, 0.25) is 0 Å². The maximum Gasteiger partial charge on any atom is 0.122 e. The molecule has 0 aromatic heterocycles. The summed E-state index contributed by atoms with van der Waals surface area (Å²) in [7, 11) is 1.68. The maximum atomic E-state index is 8.95. The number of methoxy groups -OCH3 is 1. The summed E-state index contributed by atoms with van der Waals surface area (Å²) < 4.78 is 5.27. The van der Waals surface area contributed by atoms with Gasteiger partial charge in [-0.2, -0.15) is 5.26 Å². The van der Waals surface area contributed by atoms with Gasteiger partial charge in [0.05, 0.1) is 13.2 Å². The Hall–Kier alpha value is -1.53. The maximum absolute atomic E-state index is 8.95. The summed E-state index contributed by atoms with van der Waals surface area (Å²) in [5, 5.41) is 12.2. The van der Waals surface area contributed by atoms with Crippen LogP contribution in [0.5, 0.6) is 5.75 Å². The van der Waals surface area contributed by atoms with E-state index in [1.807, 2.05) is 32.9 Å². The quantitative estimate of drug-likeness (QED) is 0.868. The first kappa shape index (κ1) is 13.5. The zero-order valence-electron chi connectivity index (χ0n) is 11.2. The molecule has 1 aromatic rings. The molecular formula is C14H20N2O. The molecule has 0 heterocycles. The largest absolute Gasteiger partial charge is 0.496 e. The molecule has 0 fully saturated rings. The van der Waals surface area contributed by atoms with Crippen LogP contribution in [0.1, 0.15) is 30.5 Å². The lowest BCUT2D eigenvalue weighted by Gasteiger charge is -2.19. The van der Waals surface area contributed by atoms with Crippen molar-refractivity contribution in [3.63, 3.8) is 0 Å². The van der Waals surface area contributed by atoms with Crippen molar-refractivity contribution in [2.75, 3.05) is 7.11 Å². The highest BCUT2D eigenvalue weighted by Gasteiger charge is 2.16. The molecule has 1 aromatic carbocycles. The van der Waals surface area contributed by atoms with Crippen LogP contribution in [0, 0.1) is 25.2 Å². The molecule has 0 bridgehead atoms. The zero-order valence-corrected chi connectivity index (χ0v) is 11.2. The first-order valence-electron chi connectivity index (χ1n) is 5.70. The molecule has 0 atom stereocenters. The molecule has 0 aliphatic rings. The van der Waals surface area contributed by atoms with Gasteiger partial charge in [-0.3, -0.25) is 5.32 Å². The molecule has 1 rings (SSSR count). The normalized spacial score (nSPS) is 11.1. The van der Waals surface area contributed by atoms with Gasteiger partial charge in [-0.15, -0.1) is 0 Å². The first-order chi connectivity index (χ1) is 7.91. The fourth-order valence-electron chi connectivity index (χ4n) is 1.62. The summed E-state index contributed by atoms with van der Waals surface area (Å²) in [6, 6.07) is 6.25.